The number of halogens is 4. The first-order valence-electron chi connectivity index (χ1n) is 8.26. The molecule has 1 unspecified atom stereocenters. The number of piperazine rings is 1. The molecule has 2 aromatic carbocycles. The Bertz CT molecular complexity index is 1100. The van der Waals surface area contributed by atoms with E-state index in [0.717, 1.165) is 10.9 Å². The number of hydrogen-bond donors (Lipinski definition) is 1. The van der Waals surface area contributed by atoms with Gasteiger partial charge in [0.05, 0.1) is 17.0 Å². The van der Waals surface area contributed by atoms with Crippen LogP contribution in [-0.2, 0) is 9.84 Å². The maximum absolute atomic E-state index is 13.2. The van der Waals surface area contributed by atoms with E-state index in [1.54, 1.807) is 21.8 Å². The number of rotatable bonds is 3. The van der Waals surface area contributed by atoms with Crippen molar-refractivity contribution in [2.45, 2.75) is 14.7 Å². The molecule has 28 heavy (non-hydrogen) atoms. The molecule has 4 rings (SSSR count). The molecule has 1 saturated heterocycles. The summed E-state index contributed by atoms with van der Waals surface area (Å²) in [6.07, 6.45) is 1.83. The van der Waals surface area contributed by atoms with Gasteiger partial charge >= 0.3 is 0 Å². The van der Waals surface area contributed by atoms with Gasteiger partial charge in [0.1, 0.15) is 0 Å². The highest BCUT2D eigenvalue weighted by atomic mass is 35.5. The predicted octanol–water partition coefficient (Wildman–Crippen LogP) is 4.19. The van der Waals surface area contributed by atoms with Crippen LogP contribution in [0.25, 0.3) is 10.9 Å². The van der Waals surface area contributed by atoms with Gasteiger partial charge in [0.15, 0.2) is 15.2 Å². The summed E-state index contributed by atoms with van der Waals surface area (Å²) in [4.78, 5) is 0.0670. The average molecular weight is 481 g/mol. The molecule has 1 aliphatic heterocycles. The standard InChI is InChI=1S/C18H16Cl3N3O2S.ClH/c19-14-5-3-6-15(12-14)27(25,26)17-18(20,21)24(11-9-22-17)23-10-8-13-4-1-2-7-16(13)23;/h1-8,10,12,17,22H,9,11H2;1H. The van der Waals surface area contributed by atoms with Crippen LogP contribution in [0.1, 0.15) is 0 Å². The second-order valence-electron chi connectivity index (χ2n) is 6.27. The Morgan fingerprint density at radius 1 is 1.07 bits per heavy atom. The van der Waals surface area contributed by atoms with Crippen LogP contribution in [0.3, 0.4) is 0 Å². The van der Waals surface area contributed by atoms with Crippen molar-refractivity contribution in [3.8, 4) is 0 Å². The van der Waals surface area contributed by atoms with Crippen molar-refractivity contribution >= 4 is 68.0 Å². The van der Waals surface area contributed by atoms with E-state index in [1.807, 2.05) is 36.5 Å². The van der Waals surface area contributed by atoms with E-state index >= 15 is 0 Å². The summed E-state index contributed by atoms with van der Waals surface area (Å²) in [7, 11) is -3.88. The third-order valence-electron chi connectivity index (χ3n) is 4.59. The van der Waals surface area contributed by atoms with Crippen molar-refractivity contribution in [2.75, 3.05) is 18.1 Å². The number of fused-ring (bicyclic) bond motifs is 1. The first-order valence-corrected chi connectivity index (χ1v) is 10.9. The third kappa shape index (κ3) is 3.58. The molecular weight excluding hydrogens is 464 g/mol. The maximum atomic E-state index is 13.2. The molecular formula is C18H17Cl4N3O2S. The lowest BCUT2D eigenvalue weighted by atomic mass is 10.2. The molecule has 0 bridgehead atoms. The topological polar surface area (TPSA) is 54.3 Å². The highest BCUT2D eigenvalue weighted by Crippen LogP contribution is 2.37. The molecule has 3 aromatic rings. The molecule has 10 heteroatoms. The van der Waals surface area contributed by atoms with Crippen LogP contribution in [0, 0.1) is 0 Å². The van der Waals surface area contributed by atoms with Gasteiger partial charge in [0.25, 0.3) is 0 Å². The Morgan fingerprint density at radius 2 is 1.82 bits per heavy atom. The van der Waals surface area contributed by atoms with Gasteiger partial charge in [-0.05, 0) is 30.3 Å². The summed E-state index contributed by atoms with van der Waals surface area (Å²) in [5.41, 5.74) is 0.893. The molecule has 2 heterocycles. The van der Waals surface area contributed by atoms with Gasteiger partial charge < -0.3 is 0 Å². The van der Waals surface area contributed by atoms with E-state index in [-0.39, 0.29) is 17.3 Å². The van der Waals surface area contributed by atoms with Crippen LogP contribution < -0.4 is 10.3 Å². The summed E-state index contributed by atoms with van der Waals surface area (Å²) in [6.45, 7) is 0.839. The number of hydrogen-bond acceptors (Lipinski definition) is 4. The molecule has 1 atom stereocenters. The Hall–Kier alpha value is -1.15. The molecule has 0 spiro atoms. The molecule has 1 fully saturated rings. The number of nitrogens with zero attached hydrogens (tertiary/aromatic N) is 2. The second-order valence-corrected chi connectivity index (χ2v) is 10.1. The first kappa shape index (κ1) is 21.6. The number of aromatic nitrogens is 1. The van der Waals surface area contributed by atoms with Crippen LogP contribution in [0.4, 0.5) is 0 Å². The molecule has 0 amide bonds. The molecule has 150 valence electrons. The lowest BCUT2D eigenvalue weighted by Gasteiger charge is -2.45. The SMILES string of the molecule is Cl.O=S(=O)(c1cccc(Cl)c1)C1NCCN(n2ccc3ccccc32)C1(Cl)Cl. The van der Waals surface area contributed by atoms with Crippen molar-refractivity contribution in [1.82, 2.24) is 9.99 Å². The molecule has 0 saturated carbocycles. The van der Waals surface area contributed by atoms with Crippen molar-refractivity contribution < 1.29 is 8.42 Å². The predicted molar refractivity (Wildman–Crippen MR) is 117 cm³/mol. The Morgan fingerprint density at radius 3 is 2.57 bits per heavy atom. The molecule has 1 N–H and O–H groups in total. The van der Waals surface area contributed by atoms with Gasteiger partial charge in [-0.2, -0.15) is 0 Å². The number of nitrogens with one attached hydrogen (secondary N) is 1. The minimum absolute atomic E-state index is 0. The number of benzene rings is 2. The summed E-state index contributed by atoms with van der Waals surface area (Å²) < 4.78 is 26.5. The highest BCUT2D eigenvalue weighted by molar-refractivity contribution is 7.92. The normalized spacial score (nSPS) is 19.4. The van der Waals surface area contributed by atoms with Crippen LogP contribution in [0.15, 0.2) is 65.7 Å². The molecule has 1 aliphatic rings. The Balaban J connectivity index is 0.00000225. The zero-order valence-corrected chi connectivity index (χ0v) is 18.3. The third-order valence-corrected chi connectivity index (χ3v) is 7.95. The average Bonchev–Trinajstić information content (AvgIpc) is 3.05. The smallest absolute Gasteiger partial charge is 0.233 e. The maximum Gasteiger partial charge on any atom is 0.233 e. The molecule has 0 aliphatic carbocycles. The van der Waals surface area contributed by atoms with Crippen molar-refractivity contribution in [1.29, 1.82) is 0 Å². The summed E-state index contributed by atoms with van der Waals surface area (Å²) in [5, 5.41) is 4.71. The number of sulfone groups is 1. The fourth-order valence-electron chi connectivity index (χ4n) is 3.32. The van der Waals surface area contributed by atoms with E-state index in [2.05, 4.69) is 5.32 Å². The summed E-state index contributed by atoms with van der Waals surface area (Å²) in [5.74, 6) is 0. The second kappa shape index (κ2) is 7.94. The van der Waals surface area contributed by atoms with E-state index in [0.29, 0.717) is 18.1 Å². The fraction of sp³-hybridized carbons (Fsp3) is 0.222. The van der Waals surface area contributed by atoms with Crippen LogP contribution in [-0.4, -0.2) is 36.0 Å². The van der Waals surface area contributed by atoms with E-state index in [1.165, 1.54) is 12.1 Å². The van der Waals surface area contributed by atoms with Crippen molar-refractivity contribution in [3.05, 3.63) is 65.8 Å². The Labute approximate surface area is 184 Å². The van der Waals surface area contributed by atoms with E-state index < -0.39 is 19.7 Å². The van der Waals surface area contributed by atoms with Crippen molar-refractivity contribution in [3.63, 3.8) is 0 Å². The summed E-state index contributed by atoms with van der Waals surface area (Å²) in [6, 6.07) is 15.8. The van der Waals surface area contributed by atoms with E-state index in [9.17, 15) is 8.42 Å². The van der Waals surface area contributed by atoms with Crippen molar-refractivity contribution in [2.24, 2.45) is 0 Å². The van der Waals surface area contributed by atoms with Gasteiger partial charge in [-0.25, -0.2) is 8.42 Å². The monoisotopic (exact) mass is 479 g/mol. The molecule has 1 aromatic heterocycles. The summed E-state index contributed by atoms with van der Waals surface area (Å²) >= 11 is 19.3. The number of para-hydroxylation sites is 1. The fourth-order valence-corrected chi connectivity index (χ4v) is 6.42. The minimum atomic E-state index is -3.88. The van der Waals surface area contributed by atoms with Gasteiger partial charge in [0, 0.05) is 23.2 Å². The minimum Gasteiger partial charge on any atom is -0.295 e. The lowest BCUT2D eigenvalue weighted by Crippen LogP contribution is -2.67. The van der Waals surface area contributed by atoms with Crippen LogP contribution in [0.5, 0.6) is 0 Å². The molecule has 5 nitrogen and oxygen atoms in total. The first-order chi connectivity index (χ1) is 12.8. The zero-order valence-electron chi connectivity index (χ0n) is 14.4. The van der Waals surface area contributed by atoms with Crippen LogP contribution in [0.2, 0.25) is 5.02 Å². The largest absolute Gasteiger partial charge is 0.295 e. The van der Waals surface area contributed by atoms with Gasteiger partial charge in [0.2, 0.25) is 4.46 Å². The van der Waals surface area contributed by atoms with E-state index in [4.69, 9.17) is 34.8 Å². The lowest BCUT2D eigenvalue weighted by molar-refractivity contribution is 0.402. The zero-order chi connectivity index (χ0) is 19.2. The quantitative estimate of drug-likeness (QED) is 0.451. The van der Waals surface area contributed by atoms with Gasteiger partial charge in [-0.3, -0.25) is 15.0 Å². The highest BCUT2D eigenvalue weighted by Gasteiger charge is 2.51. The van der Waals surface area contributed by atoms with Gasteiger partial charge in [-0.15, -0.1) is 12.4 Å². The number of alkyl halides is 2. The van der Waals surface area contributed by atoms with Crippen LogP contribution >= 0.6 is 47.2 Å². The van der Waals surface area contributed by atoms with Gasteiger partial charge in [-0.1, -0.05) is 59.1 Å². The Kier molecular flexibility index (Phi) is 6.11. The molecule has 0 radical (unpaired) electrons.